The van der Waals surface area contributed by atoms with Gasteiger partial charge in [-0.25, -0.2) is 0 Å². The number of ether oxygens (including phenoxy) is 1. The third kappa shape index (κ3) is 4.00. The van der Waals surface area contributed by atoms with Crippen LogP contribution < -0.4 is 9.64 Å². The van der Waals surface area contributed by atoms with E-state index < -0.39 is 4.92 Å². The second-order valence-corrected chi connectivity index (χ2v) is 5.18. The van der Waals surface area contributed by atoms with Crippen molar-refractivity contribution in [3.05, 3.63) is 63.2 Å². The first-order valence-electron chi connectivity index (χ1n) is 6.76. The van der Waals surface area contributed by atoms with E-state index in [0.29, 0.717) is 17.0 Å². The minimum atomic E-state index is -0.512. The van der Waals surface area contributed by atoms with Gasteiger partial charge in [0.2, 0.25) is 0 Å². The molecule has 0 saturated heterocycles. The van der Waals surface area contributed by atoms with E-state index in [2.05, 4.69) is 0 Å². The van der Waals surface area contributed by atoms with Crippen LogP contribution in [0.5, 0.6) is 5.75 Å². The number of likely N-dealkylation sites (N-methyl/N-ethyl adjacent to an activating group) is 1. The van der Waals surface area contributed by atoms with Crippen molar-refractivity contribution >= 4 is 28.9 Å². The first kappa shape index (κ1) is 17.2. The van der Waals surface area contributed by atoms with Gasteiger partial charge in [-0.2, -0.15) is 5.26 Å². The van der Waals surface area contributed by atoms with Crippen molar-refractivity contribution in [1.29, 1.82) is 5.26 Å². The highest BCUT2D eigenvalue weighted by Crippen LogP contribution is 2.25. The molecule has 0 heterocycles. The molecular weight excluding hydrogens is 334 g/mol. The van der Waals surface area contributed by atoms with Gasteiger partial charge < -0.3 is 9.64 Å². The molecule has 122 valence electrons. The Labute approximate surface area is 142 Å². The number of carbonyl (C=O) groups excluding carboxylic acids is 1. The number of nitro benzene ring substituents is 1. The Morgan fingerprint density at radius 2 is 2.00 bits per heavy atom. The fourth-order valence-corrected chi connectivity index (χ4v) is 2.10. The van der Waals surface area contributed by atoms with E-state index in [4.69, 9.17) is 21.6 Å². The van der Waals surface area contributed by atoms with Crippen molar-refractivity contribution in [2.75, 3.05) is 18.6 Å². The molecule has 0 bridgehead atoms. The average Bonchev–Trinajstić information content (AvgIpc) is 2.59. The zero-order valence-electron chi connectivity index (χ0n) is 12.6. The molecule has 0 aromatic heterocycles. The number of hydrogen-bond acceptors (Lipinski definition) is 5. The summed E-state index contributed by atoms with van der Waals surface area (Å²) in [6.45, 7) is -0.265. The molecule has 24 heavy (non-hydrogen) atoms. The summed E-state index contributed by atoms with van der Waals surface area (Å²) in [4.78, 5) is 23.6. The molecule has 0 atom stereocenters. The van der Waals surface area contributed by atoms with Crippen molar-refractivity contribution in [1.82, 2.24) is 0 Å². The first-order chi connectivity index (χ1) is 11.4. The molecule has 2 aromatic carbocycles. The van der Waals surface area contributed by atoms with Crippen LogP contribution >= 0.6 is 11.6 Å². The highest BCUT2D eigenvalue weighted by molar-refractivity contribution is 6.32. The summed E-state index contributed by atoms with van der Waals surface area (Å²) in [7, 11) is 1.53. The third-order valence-electron chi connectivity index (χ3n) is 3.23. The minimum Gasteiger partial charge on any atom is -0.482 e. The highest BCUT2D eigenvalue weighted by atomic mass is 35.5. The first-order valence-corrected chi connectivity index (χ1v) is 7.13. The maximum Gasteiger partial charge on any atom is 0.269 e. The molecule has 0 aliphatic rings. The zero-order chi connectivity index (χ0) is 17.7. The maximum absolute atomic E-state index is 12.1. The number of halogens is 1. The van der Waals surface area contributed by atoms with E-state index in [1.165, 1.54) is 54.4 Å². The molecule has 0 spiro atoms. The van der Waals surface area contributed by atoms with E-state index in [-0.39, 0.29) is 23.2 Å². The topological polar surface area (TPSA) is 96.5 Å². The third-order valence-corrected chi connectivity index (χ3v) is 3.53. The van der Waals surface area contributed by atoms with Crippen LogP contribution in [0.3, 0.4) is 0 Å². The Morgan fingerprint density at radius 3 is 2.54 bits per heavy atom. The molecule has 2 rings (SSSR count). The summed E-state index contributed by atoms with van der Waals surface area (Å²) in [5.74, 6) is -0.0644. The van der Waals surface area contributed by atoms with Crippen molar-refractivity contribution in [3.8, 4) is 11.8 Å². The number of hydrogen-bond donors (Lipinski definition) is 0. The molecular formula is C16H12ClN3O4. The van der Waals surface area contributed by atoms with E-state index in [9.17, 15) is 14.9 Å². The van der Waals surface area contributed by atoms with Gasteiger partial charge in [-0.05, 0) is 30.3 Å². The predicted octanol–water partition coefficient (Wildman–Crippen LogP) is 3.16. The van der Waals surface area contributed by atoms with Crippen molar-refractivity contribution < 1.29 is 14.5 Å². The van der Waals surface area contributed by atoms with Crippen LogP contribution in [0.25, 0.3) is 0 Å². The van der Waals surface area contributed by atoms with Crippen molar-refractivity contribution in [3.63, 3.8) is 0 Å². The summed E-state index contributed by atoms with van der Waals surface area (Å²) in [5.41, 5.74) is 0.835. The number of anilines is 1. The summed E-state index contributed by atoms with van der Waals surface area (Å²) in [6, 6.07) is 12.0. The molecule has 1 amide bonds. The number of carbonyl (C=O) groups is 1. The van der Waals surface area contributed by atoms with Crippen LogP contribution in [0.1, 0.15) is 5.56 Å². The molecule has 0 unspecified atom stereocenters. The molecule has 0 aliphatic heterocycles. The number of nitro groups is 1. The van der Waals surface area contributed by atoms with Gasteiger partial charge in [-0.15, -0.1) is 0 Å². The highest BCUT2D eigenvalue weighted by Gasteiger charge is 2.14. The Hall–Kier alpha value is -3.11. The second kappa shape index (κ2) is 7.44. The van der Waals surface area contributed by atoms with Gasteiger partial charge in [-0.3, -0.25) is 14.9 Å². The summed E-state index contributed by atoms with van der Waals surface area (Å²) in [5, 5.41) is 19.6. The van der Waals surface area contributed by atoms with Crippen molar-refractivity contribution in [2.45, 2.75) is 0 Å². The summed E-state index contributed by atoms with van der Waals surface area (Å²) < 4.78 is 5.36. The van der Waals surface area contributed by atoms with Crippen LogP contribution in [0, 0.1) is 21.4 Å². The molecule has 7 nitrogen and oxygen atoms in total. The Bertz CT molecular complexity index is 815. The quantitative estimate of drug-likeness (QED) is 0.612. The number of non-ortho nitro benzene ring substituents is 1. The van der Waals surface area contributed by atoms with E-state index in [1.807, 2.05) is 6.07 Å². The number of nitriles is 1. The molecule has 8 heteroatoms. The lowest BCUT2D eigenvalue weighted by Crippen LogP contribution is -2.31. The molecule has 2 aromatic rings. The predicted molar refractivity (Wildman–Crippen MR) is 88.2 cm³/mol. The van der Waals surface area contributed by atoms with Crippen LogP contribution in [-0.4, -0.2) is 24.5 Å². The molecule has 0 radical (unpaired) electrons. The van der Waals surface area contributed by atoms with Crippen LogP contribution in [0.4, 0.5) is 11.4 Å². The second-order valence-electron chi connectivity index (χ2n) is 4.77. The lowest BCUT2D eigenvalue weighted by atomic mass is 10.2. The largest absolute Gasteiger partial charge is 0.482 e. The Morgan fingerprint density at radius 1 is 1.33 bits per heavy atom. The fourth-order valence-electron chi connectivity index (χ4n) is 1.87. The minimum absolute atomic E-state index is 0.0554. The van der Waals surface area contributed by atoms with Gasteiger partial charge in [-0.1, -0.05) is 11.6 Å². The molecule has 0 fully saturated rings. The van der Waals surface area contributed by atoms with E-state index >= 15 is 0 Å². The number of rotatable bonds is 5. The average molecular weight is 346 g/mol. The normalized spacial score (nSPS) is 9.88. The van der Waals surface area contributed by atoms with E-state index in [0.717, 1.165) is 0 Å². The fraction of sp³-hybridized carbons (Fsp3) is 0.125. The van der Waals surface area contributed by atoms with Crippen molar-refractivity contribution in [2.24, 2.45) is 0 Å². The summed E-state index contributed by atoms with van der Waals surface area (Å²) >= 11 is 5.97. The standard InChI is InChI=1S/C16H12ClN3O4/c1-19(12-3-5-13(6-4-12)20(22)23)16(21)10-24-15-7-2-11(9-18)8-14(15)17/h2-8H,10H2,1H3. The molecule has 0 aliphatic carbocycles. The lowest BCUT2D eigenvalue weighted by Gasteiger charge is -2.17. The Kier molecular flexibility index (Phi) is 5.35. The molecule has 0 saturated carbocycles. The van der Waals surface area contributed by atoms with Gasteiger partial charge >= 0.3 is 0 Å². The van der Waals surface area contributed by atoms with Gasteiger partial charge in [0.25, 0.3) is 11.6 Å². The molecule has 0 N–H and O–H groups in total. The SMILES string of the molecule is CN(C(=O)COc1ccc(C#N)cc1Cl)c1ccc([N+](=O)[O-])cc1. The number of amides is 1. The van der Waals surface area contributed by atoms with E-state index in [1.54, 1.807) is 0 Å². The summed E-state index contributed by atoms with van der Waals surface area (Å²) in [6.07, 6.45) is 0. The Balaban J connectivity index is 2.01. The smallest absolute Gasteiger partial charge is 0.269 e. The number of benzene rings is 2. The lowest BCUT2D eigenvalue weighted by molar-refractivity contribution is -0.384. The maximum atomic E-state index is 12.1. The van der Waals surface area contributed by atoms with Crippen LogP contribution in [0.2, 0.25) is 5.02 Å². The van der Waals surface area contributed by atoms with Gasteiger partial charge in [0.05, 0.1) is 21.6 Å². The van der Waals surface area contributed by atoms with Gasteiger partial charge in [0.15, 0.2) is 6.61 Å². The van der Waals surface area contributed by atoms with Gasteiger partial charge in [0.1, 0.15) is 5.75 Å². The number of nitrogens with zero attached hydrogens (tertiary/aromatic N) is 3. The van der Waals surface area contributed by atoms with Crippen LogP contribution in [-0.2, 0) is 4.79 Å². The zero-order valence-corrected chi connectivity index (χ0v) is 13.4. The van der Waals surface area contributed by atoms with Gasteiger partial charge in [0, 0.05) is 24.9 Å². The monoisotopic (exact) mass is 345 g/mol. The van der Waals surface area contributed by atoms with Crippen LogP contribution in [0.15, 0.2) is 42.5 Å².